The van der Waals surface area contributed by atoms with Crippen LogP contribution in [0.1, 0.15) is 41.3 Å². The Hall–Kier alpha value is -3.52. The van der Waals surface area contributed by atoms with Crippen LogP contribution in [0.4, 0.5) is 5.69 Å². The van der Waals surface area contributed by atoms with Gasteiger partial charge >= 0.3 is 11.7 Å². The highest BCUT2D eigenvalue weighted by Gasteiger charge is 2.51. The minimum Gasteiger partial charge on any atom is -0.467 e. The predicted molar refractivity (Wildman–Crippen MR) is 123 cm³/mol. The first-order valence-electron chi connectivity index (χ1n) is 10.4. The molecule has 0 saturated heterocycles. The third kappa shape index (κ3) is 4.26. The molecule has 0 N–H and O–H groups in total. The van der Waals surface area contributed by atoms with Gasteiger partial charge in [0.05, 0.1) is 12.0 Å². The van der Waals surface area contributed by atoms with Crippen LogP contribution in [0.3, 0.4) is 0 Å². The van der Waals surface area contributed by atoms with Crippen molar-refractivity contribution in [2.24, 2.45) is 4.99 Å². The lowest BCUT2D eigenvalue weighted by Crippen LogP contribution is -2.43. The second-order valence-corrected chi connectivity index (χ2v) is 8.38. The van der Waals surface area contributed by atoms with Crippen molar-refractivity contribution in [1.82, 2.24) is 5.16 Å². The molecule has 0 aliphatic carbocycles. The quantitative estimate of drug-likeness (QED) is 0.273. The molecule has 2 atom stereocenters. The number of aromatic nitrogens is 1. The van der Waals surface area contributed by atoms with E-state index in [1.165, 1.54) is 14.0 Å². The molecule has 0 bridgehead atoms. The molecule has 1 aromatic heterocycles. The molecule has 0 unspecified atom stereocenters. The van der Waals surface area contributed by atoms with E-state index in [1.807, 2.05) is 42.5 Å². The van der Waals surface area contributed by atoms with Gasteiger partial charge in [0.1, 0.15) is 0 Å². The lowest BCUT2D eigenvalue weighted by Gasteiger charge is -2.32. The molecule has 0 amide bonds. The maximum atomic E-state index is 13.3. The van der Waals surface area contributed by atoms with Crippen LogP contribution in [0.15, 0.2) is 64.1 Å². The Bertz CT molecular complexity index is 1210. The molecule has 0 spiro atoms. The first-order valence-corrected chi connectivity index (χ1v) is 10.8. The first kappa shape index (κ1) is 22.7. The standard InChI is InChI=1S/C24H22ClN3O5/c1-15-22(28(30)31)21(33-27-15)14-19(16-6-4-3-5-7-16)24(23(29)32-2)13-12-20(26-24)17-8-10-18(25)11-9-17/h3-11,19H,12-14H2,1-2H3/t19-,24+/m1/s1. The SMILES string of the molecule is COC(=O)[C@@]1([C@H](Cc2onc(C)c2[N+](=O)[O-])c2ccccc2)CCC(c2ccc(Cl)cc2)=N1. The van der Waals surface area contributed by atoms with E-state index < -0.39 is 22.3 Å². The number of nitro groups is 1. The van der Waals surface area contributed by atoms with E-state index in [-0.39, 0.29) is 23.6 Å². The summed E-state index contributed by atoms with van der Waals surface area (Å²) in [4.78, 5) is 29.3. The van der Waals surface area contributed by atoms with Crippen LogP contribution in [0.25, 0.3) is 0 Å². The summed E-state index contributed by atoms with van der Waals surface area (Å²) >= 11 is 6.03. The van der Waals surface area contributed by atoms with Crippen LogP contribution >= 0.6 is 11.6 Å². The second kappa shape index (κ2) is 9.15. The topological polar surface area (TPSA) is 108 Å². The molecular formula is C24H22ClN3O5. The smallest absolute Gasteiger partial charge is 0.334 e. The molecule has 2 heterocycles. The number of benzene rings is 2. The van der Waals surface area contributed by atoms with Gasteiger partial charge < -0.3 is 9.26 Å². The maximum Gasteiger partial charge on any atom is 0.334 e. The van der Waals surface area contributed by atoms with Gasteiger partial charge in [0.2, 0.25) is 5.76 Å². The van der Waals surface area contributed by atoms with Crippen molar-refractivity contribution in [3.63, 3.8) is 0 Å². The lowest BCUT2D eigenvalue weighted by molar-refractivity contribution is -0.386. The number of carbonyl (C=O) groups is 1. The summed E-state index contributed by atoms with van der Waals surface area (Å²) < 4.78 is 10.6. The fourth-order valence-electron chi connectivity index (χ4n) is 4.44. The van der Waals surface area contributed by atoms with E-state index in [4.69, 9.17) is 25.9 Å². The van der Waals surface area contributed by atoms with E-state index in [0.717, 1.165) is 16.8 Å². The molecule has 0 radical (unpaired) electrons. The normalized spacial score (nSPS) is 18.6. The van der Waals surface area contributed by atoms with Crippen molar-refractivity contribution in [3.8, 4) is 0 Å². The van der Waals surface area contributed by atoms with Gasteiger partial charge in [-0.1, -0.05) is 59.2 Å². The Labute approximate surface area is 195 Å². The minimum atomic E-state index is -1.28. The Morgan fingerprint density at radius 1 is 1.24 bits per heavy atom. The van der Waals surface area contributed by atoms with Gasteiger partial charge in [-0.25, -0.2) is 4.79 Å². The number of hydrogen-bond donors (Lipinski definition) is 0. The van der Waals surface area contributed by atoms with Gasteiger partial charge in [0, 0.05) is 23.1 Å². The molecule has 1 aliphatic heterocycles. The zero-order chi connectivity index (χ0) is 23.6. The molecule has 170 valence electrons. The lowest BCUT2D eigenvalue weighted by atomic mass is 9.75. The van der Waals surface area contributed by atoms with Crippen molar-refractivity contribution in [2.75, 3.05) is 7.11 Å². The van der Waals surface area contributed by atoms with Gasteiger partial charge in [-0.2, -0.15) is 0 Å². The molecule has 8 nitrogen and oxygen atoms in total. The number of esters is 1. The summed E-state index contributed by atoms with van der Waals surface area (Å²) in [5.74, 6) is -0.967. The average Bonchev–Trinajstić information content (AvgIpc) is 3.42. The van der Waals surface area contributed by atoms with E-state index in [2.05, 4.69) is 5.16 Å². The summed E-state index contributed by atoms with van der Waals surface area (Å²) in [6, 6.07) is 16.6. The zero-order valence-electron chi connectivity index (χ0n) is 18.2. The summed E-state index contributed by atoms with van der Waals surface area (Å²) in [5, 5.41) is 16.0. The van der Waals surface area contributed by atoms with E-state index in [9.17, 15) is 14.9 Å². The monoisotopic (exact) mass is 467 g/mol. The van der Waals surface area contributed by atoms with Crippen LogP contribution in [-0.4, -0.2) is 34.4 Å². The molecular weight excluding hydrogens is 446 g/mol. The van der Waals surface area contributed by atoms with Crippen molar-refractivity contribution < 1.29 is 19.0 Å². The van der Waals surface area contributed by atoms with Crippen molar-refractivity contribution in [1.29, 1.82) is 0 Å². The number of aliphatic imine (C=N–C) groups is 1. The van der Waals surface area contributed by atoms with Gasteiger partial charge in [-0.05, 0) is 43.0 Å². The number of aryl methyl sites for hydroxylation is 1. The third-order valence-electron chi connectivity index (χ3n) is 6.04. The minimum absolute atomic E-state index is 0.0632. The van der Waals surface area contributed by atoms with E-state index in [0.29, 0.717) is 17.9 Å². The van der Waals surface area contributed by atoms with E-state index in [1.54, 1.807) is 12.1 Å². The maximum absolute atomic E-state index is 13.3. The Kier molecular flexibility index (Phi) is 6.29. The molecule has 1 aliphatic rings. The van der Waals surface area contributed by atoms with Crippen LogP contribution in [0.2, 0.25) is 5.02 Å². The highest BCUT2D eigenvalue weighted by Crippen LogP contribution is 2.44. The highest BCUT2D eigenvalue weighted by atomic mass is 35.5. The number of methoxy groups -OCH3 is 1. The highest BCUT2D eigenvalue weighted by molar-refractivity contribution is 6.30. The Morgan fingerprint density at radius 3 is 2.58 bits per heavy atom. The van der Waals surface area contributed by atoms with Crippen molar-refractivity contribution in [2.45, 2.75) is 37.6 Å². The van der Waals surface area contributed by atoms with Crippen molar-refractivity contribution >= 4 is 29.0 Å². The second-order valence-electron chi connectivity index (χ2n) is 7.95. The van der Waals surface area contributed by atoms with Crippen LogP contribution < -0.4 is 0 Å². The molecule has 33 heavy (non-hydrogen) atoms. The van der Waals surface area contributed by atoms with Crippen LogP contribution in [0, 0.1) is 17.0 Å². The number of halogens is 1. The number of hydrogen-bond acceptors (Lipinski definition) is 7. The fraction of sp³-hybridized carbons (Fsp3) is 0.292. The summed E-state index contributed by atoms with van der Waals surface area (Å²) in [6.07, 6.45) is 0.989. The number of nitrogens with zero attached hydrogens (tertiary/aromatic N) is 3. The number of ether oxygens (including phenoxy) is 1. The van der Waals surface area contributed by atoms with E-state index >= 15 is 0 Å². The Balaban J connectivity index is 1.85. The van der Waals surface area contributed by atoms with Gasteiger partial charge in [0.25, 0.3) is 0 Å². The third-order valence-corrected chi connectivity index (χ3v) is 6.30. The van der Waals surface area contributed by atoms with Gasteiger partial charge in [-0.15, -0.1) is 0 Å². The molecule has 9 heteroatoms. The molecule has 0 saturated carbocycles. The molecule has 0 fully saturated rings. The molecule has 2 aromatic carbocycles. The largest absolute Gasteiger partial charge is 0.467 e. The molecule has 4 rings (SSSR count). The molecule has 3 aromatic rings. The van der Waals surface area contributed by atoms with Gasteiger partial charge in [0.15, 0.2) is 11.2 Å². The van der Waals surface area contributed by atoms with Crippen LogP contribution in [-0.2, 0) is 16.0 Å². The Morgan fingerprint density at radius 2 is 1.94 bits per heavy atom. The fourth-order valence-corrected chi connectivity index (χ4v) is 4.57. The summed E-state index contributed by atoms with van der Waals surface area (Å²) in [6.45, 7) is 1.52. The summed E-state index contributed by atoms with van der Waals surface area (Å²) in [7, 11) is 1.32. The van der Waals surface area contributed by atoms with Crippen molar-refractivity contribution in [3.05, 3.63) is 92.3 Å². The summed E-state index contributed by atoms with van der Waals surface area (Å²) in [5.41, 5.74) is 1.13. The first-order chi connectivity index (χ1) is 15.9. The average molecular weight is 468 g/mol. The number of carbonyl (C=O) groups excluding carboxylic acids is 1. The number of rotatable bonds is 7. The van der Waals surface area contributed by atoms with Crippen LogP contribution in [0.5, 0.6) is 0 Å². The predicted octanol–water partition coefficient (Wildman–Crippen LogP) is 5.07. The zero-order valence-corrected chi connectivity index (χ0v) is 18.9. The van der Waals surface area contributed by atoms with Gasteiger partial charge in [-0.3, -0.25) is 15.1 Å².